The maximum absolute atomic E-state index is 13.1. The van der Waals surface area contributed by atoms with Gasteiger partial charge in [-0.15, -0.1) is 0 Å². The third kappa shape index (κ3) is 4.67. The number of halogens is 1. The summed E-state index contributed by atoms with van der Waals surface area (Å²) >= 11 is 6.18. The Kier molecular flexibility index (Phi) is 6.42. The summed E-state index contributed by atoms with van der Waals surface area (Å²) in [4.78, 5) is 49.8. The van der Waals surface area contributed by atoms with Crippen molar-refractivity contribution >= 4 is 47.2 Å². The van der Waals surface area contributed by atoms with Gasteiger partial charge in [-0.25, -0.2) is 14.5 Å². The molecule has 0 saturated carbocycles. The third-order valence-corrected chi connectivity index (χ3v) is 5.40. The average molecular weight is 477 g/mol. The maximum Gasteiger partial charge on any atom is 0.335 e. The number of anilines is 1. The number of hydrogen-bond acceptors (Lipinski definition) is 5. The van der Waals surface area contributed by atoms with Crippen molar-refractivity contribution in [1.29, 1.82) is 0 Å². The third-order valence-electron chi connectivity index (χ3n) is 5.03. The molecule has 0 aliphatic carbocycles. The van der Waals surface area contributed by atoms with E-state index in [1.165, 1.54) is 30.3 Å². The molecule has 0 spiro atoms. The molecule has 3 aromatic rings. The first kappa shape index (κ1) is 22.8. The summed E-state index contributed by atoms with van der Waals surface area (Å²) in [5.74, 6) is -2.44. The van der Waals surface area contributed by atoms with Crippen molar-refractivity contribution in [3.63, 3.8) is 0 Å². The van der Waals surface area contributed by atoms with Gasteiger partial charge in [-0.2, -0.15) is 0 Å². The van der Waals surface area contributed by atoms with Crippen LogP contribution in [0.15, 0.2) is 78.4 Å². The van der Waals surface area contributed by atoms with Gasteiger partial charge >= 0.3 is 12.0 Å². The first-order valence-corrected chi connectivity index (χ1v) is 10.4. The Hall–Kier alpha value is -4.43. The minimum atomic E-state index is -1.15. The molecule has 0 unspecified atom stereocenters. The van der Waals surface area contributed by atoms with Crippen LogP contribution in [0.3, 0.4) is 0 Å². The van der Waals surface area contributed by atoms with E-state index in [1.54, 1.807) is 36.4 Å². The van der Waals surface area contributed by atoms with Gasteiger partial charge in [-0.1, -0.05) is 48.0 Å². The lowest BCUT2D eigenvalue weighted by Gasteiger charge is -2.26. The van der Waals surface area contributed by atoms with Gasteiger partial charge in [0.25, 0.3) is 11.8 Å². The zero-order chi connectivity index (χ0) is 24.2. The van der Waals surface area contributed by atoms with Crippen LogP contribution in [0.5, 0.6) is 5.75 Å². The SMILES string of the molecule is O=C1NC(=O)N(c2ccc(C(=O)O)cc2)C(=O)/C1=C\c1ccccc1OCc1ccccc1Cl. The number of urea groups is 1. The summed E-state index contributed by atoms with van der Waals surface area (Å²) in [5.41, 5.74) is 1.04. The number of rotatable bonds is 6. The van der Waals surface area contributed by atoms with Crippen LogP contribution in [0.1, 0.15) is 21.5 Å². The molecular weight excluding hydrogens is 460 g/mol. The molecular formula is C25H17ClN2O6. The fourth-order valence-electron chi connectivity index (χ4n) is 3.30. The molecule has 3 aromatic carbocycles. The van der Waals surface area contributed by atoms with Gasteiger partial charge in [-0.05, 0) is 42.5 Å². The van der Waals surface area contributed by atoms with E-state index in [4.69, 9.17) is 21.4 Å². The number of carboxylic acids is 1. The van der Waals surface area contributed by atoms with E-state index in [1.807, 2.05) is 12.1 Å². The lowest BCUT2D eigenvalue weighted by atomic mass is 10.1. The van der Waals surface area contributed by atoms with Crippen LogP contribution in [-0.4, -0.2) is 28.9 Å². The van der Waals surface area contributed by atoms with E-state index >= 15 is 0 Å². The second-order valence-corrected chi connectivity index (χ2v) is 7.63. The maximum atomic E-state index is 13.1. The minimum absolute atomic E-state index is 0.00921. The van der Waals surface area contributed by atoms with Crippen LogP contribution in [-0.2, 0) is 16.2 Å². The van der Waals surface area contributed by atoms with Crippen LogP contribution >= 0.6 is 11.6 Å². The number of amides is 4. The van der Waals surface area contributed by atoms with E-state index in [0.29, 0.717) is 16.3 Å². The number of aromatic carboxylic acids is 1. The Morgan fingerprint density at radius 2 is 1.65 bits per heavy atom. The lowest BCUT2D eigenvalue weighted by molar-refractivity contribution is -0.122. The Bertz CT molecular complexity index is 1330. The molecule has 34 heavy (non-hydrogen) atoms. The number of benzene rings is 3. The lowest BCUT2D eigenvalue weighted by Crippen LogP contribution is -2.54. The number of carboxylic acid groups (broad SMARTS) is 1. The van der Waals surface area contributed by atoms with E-state index in [2.05, 4.69) is 5.32 Å². The molecule has 170 valence electrons. The van der Waals surface area contributed by atoms with Gasteiger partial charge in [0.1, 0.15) is 17.9 Å². The van der Waals surface area contributed by atoms with Crippen molar-refractivity contribution in [2.45, 2.75) is 6.61 Å². The number of carbonyl (C=O) groups is 4. The van der Waals surface area contributed by atoms with Crippen LogP contribution in [0.25, 0.3) is 6.08 Å². The molecule has 8 nitrogen and oxygen atoms in total. The number of ether oxygens (including phenoxy) is 1. The molecule has 1 aliphatic rings. The largest absolute Gasteiger partial charge is 0.488 e. The average Bonchev–Trinajstić information content (AvgIpc) is 2.82. The smallest absolute Gasteiger partial charge is 0.335 e. The van der Waals surface area contributed by atoms with Crippen LogP contribution in [0.4, 0.5) is 10.5 Å². The normalized spacial score (nSPS) is 14.8. The molecule has 1 saturated heterocycles. The van der Waals surface area contributed by atoms with Crippen LogP contribution < -0.4 is 15.0 Å². The Morgan fingerprint density at radius 3 is 2.35 bits per heavy atom. The molecule has 0 radical (unpaired) electrons. The van der Waals surface area contributed by atoms with E-state index in [0.717, 1.165) is 10.5 Å². The van der Waals surface area contributed by atoms with Crippen molar-refractivity contribution < 1.29 is 29.0 Å². The van der Waals surface area contributed by atoms with E-state index in [9.17, 15) is 19.2 Å². The Labute approximate surface area is 199 Å². The monoisotopic (exact) mass is 476 g/mol. The zero-order valence-electron chi connectivity index (χ0n) is 17.5. The quantitative estimate of drug-likeness (QED) is 0.405. The number of para-hydroxylation sites is 1. The summed E-state index contributed by atoms with van der Waals surface area (Å²) in [5, 5.41) is 11.7. The number of barbiturate groups is 1. The molecule has 4 rings (SSSR count). The van der Waals surface area contributed by atoms with Crippen molar-refractivity contribution in [3.8, 4) is 5.75 Å². The summed E-state index contributed by atoms with van der Waals surface area (Å²) in [7, 11) is 0. The highest BCUT2D eigenvalue weighted by molar-refractivity contribution is 6.39. The van der Waals surface area contributed by atoms with Gasteiger partial charge in [0, 0.05) is 16.1 Å². The topological polar surface area (TPSA) is 113 Å². The van der Waals surface area contributed by atoms with Crippen molar-refractivity contribution in [2.75, 3.05) is 4.90 Å². The molecule has 1 fully saturated rings. The molecule has 1 aliphatic heterocycles. The second-order valence-electron chi connectivity index (χ2n) is 7.23. The molecule has 9 heteroatoms. The predicted octanol–water partition coefficient (Wildman–Crippen LogP) is 4.28. The minimum Gasteiger partial charge on any atom is -0.488 e. The zero-order valence-corrected chi connectivity index (χ0v) is 18.3. The highest BCUT2D eigenvalue weighted by Crippen LogP contribution is 2.27. The fourth-order valence-corrected chi connectivity index (χ4v) is 3.49. The summed E-state index contributed by atoms with van der Waals surface area (Å²) in [6.07, 6.45) is 1.34. The summed E-state index contributed by atoms with van der Waals surface area (Å²) in [6.45, 7) is 0.167. The van der Waals surface area contributed by atoms with Crippen LogP contribution in [0, 0.1) is 0 Å². The van der Waals surface area contributed by atoms with Gasteiger partial charge in [0.05, 0.1) is 11.3 Å². The number of hydrogen-bond donors (Lipinski definition) is 2. The van der Waals surface area contributed by atoms with Gasteiger partial charge in [0.2, 0.25) is 0 Å². The summed E-state index contributed by atoms with van der Waals surface area (Å²) in [6, 6.07) is 18.2. The Morgan fingerprint density at radius 1 is 0.971 bits per heavy atom. The predicted molar refractivity (Wildman–Crippen MR) is 125 cm³/mol. The number of nitrogens with zero attached hydrogens (tertiary/aromatic N) is 1. The molecule has 0 atom stereocenters. The van der Waals surface area contributed by atoms with Gasteiger partial charge < -0.3 is 9.84 Å². The number of imide groups is 2. The number of nitrogens with one attached hydrogen (secondary N) is 1. The number of carbonyl (C=O) groups excluding carboxylic acids is 3. The molecule has 4 amide bonds. The first-order chi connectivity index (χ1) is 16.3. The van der Waals surface area contributed by atoms with Crippen molar-refractivity contribution in [3.05, 3.63) is 100 Å². The summed E-state index contributed by atoms with van der Waals surface area (Å²) < 4.78 is 5.88. The van der Waals surface area contributed by atoms with Crippen molar-refractivity contribution in [2.24, 2.45) is 0 Å². The molecule has 0 bridgehead atoms. The van der Waals surface area contributed by atoms with Gasteiger partial charge in [-0.3, -0.25) is 14.9 Å². The standard InChI is InChI=1S/C25H17ClN2O6/c26-20-7-3-1-6-17(20)14-34-21-8-4-2-5-16(21)13-19-22(29)27-25(33)28(23(19)30)18-11-9-15(10-12-18)24(31)32/h1-13H,14H2,(H,31,32)(H,27,29,33)/b19-13-. The Balaban J connectivity index is 1.63. The second kappa shape index (κ2) is 9.60. The van der Waals surface area contributed by atoms with E-state index in [-0.39, 0.29) is 23.4 Å². The molecule has 0 aromatic heterocycles. The first-order valence-electron chi connectivity index (χ1n) is 10.0. The van der Waals surface area contributed by atoms with Crippen LogP contribution in [0.2, 0.25) is 5.02 Å². The highest BCUT2D eigenvalue weighted by atomic mass is 35.5. The van der Waals surface area contributed by atoms with E-state index < -0.39 is 23.8 Å². The van der Waals surface area contributed by atoms with Gasteiger partial charge in [0.15, 0.2) is 0 Å². The highest BCUT2D eigenvalue weighted by Gasteiger charge is 2.37. The molecule has 2 N–H and O–H groups in total. The fraction of sp³-hybridized carbons (Fsp3) is 0.0400. The molecule has 1 heterocycles. The van der Waals surface area contributed by atoms with Crippen molar-refractivity contribution in [1.82, 2.24) is 5.32 Å².